The van der Waals surface area contributed by atoms with E-state index in [0.717, 1.165) is 6.07 Å². The molecule has 0 atom stereocenters. The number of carbonyl (C=O) groups is 1. The summed E-state index contributed by atoms with van der Waals surface area (Å²) >= 11 is 0. The molecule has 0 fully saturated rings. The van der Waals surface area contributed by atoms with Gasteiger partial charge in [-0.1, -0.05) is 12.1 Å². The predicted octanol–water partition coefficient (Wildman–Crippen LogP) is 2.68. The zero-order valence-corrected chi connectivity index (χ0v) is 11.1. The second-order valence-electron chi connectivity index (χ2n) is 4.48. The highest BCUT2D eigenvalue weighted by Gasteiger charge is 2.28. The van der Waals surface area contributed by atoms with Crippen molar-refractivity contribution < 1.29 is 28.0 Å². The molecule has 0 saturated carbocycles. The number of hydrogen-bond acceptors (Lipinski definition) is 4. The van der Waals surface area contributed by atoms with Gasteiger partial charge in [0.15, 0.2) is 0 Å². The third-order valence-electron chi connectivity index (χ3n) is 2.76. The summed E-state index contributed by atoms with van der Waals surface area (Å²) in [5, 5.41) is 19.9. The molecule has 1 aromatic carbocycles. The van der Waals surface area contributed by atoms with Gasteiger partial charge in [-0.3, -0.25) is 10.1 Å². The van der Waals surface area contributed by atoms with Crippen molar-refractivity contribution in [3.8, 4) is 0 Å². The number of halogens is 3. The first kappa shape index (κ1) is 16.9. The number of rotatable bonds is 6. The van der Waals surface area contributed by atoms with Crippen LogP contribution in [0.1, 0.15) is 22.3 Å². The number of nitro benzene ring substituents is 1. The van der Waals surface area contributed by atoms with Gasteiger partial charge in [0.25, 0.3) is 5.69 Å². The Morgan fingerprint density at radius 1 is 1.43 bits per heavy atom. The van der Waals surface area contributed by atoms with Crippen molar-refractivity contribution in [2.24, 2.45) is 0 Å². The second kappa shape index (κ2) is 6.53. The largest absolute Gasteiger partial charge is 0.477 e. The molecule has 0 unspecified atom stereocenters. The summed E-state index contributed by atoms with van der Waals surface area (Å²) in [6, 6.07) is 3.70. The Kier molecular flexibility index (Phi) is 5.25. The van der Waals surface area contributed by atoms with Crippen LogP contribution in [0.3, 0.4) is 0 Å². The standard InChI is InChI=1S/C12H13F3N2O4/c1-16(6-5-12(13,14)15)7-8-3-2-4-9(17(20)21)10(8)11(18)19/h2-4H,5-7H2,1H3,(H,18,19). The smallest absolute Gasteiger partial charge is 0.390 e. The first-order valence-electron chi connectivity index (χ1n) is 5.86. The normalized spacial score (nSPS) is 11.7. The highest BCUT2D eigenvalue weighted by Crippen LogP contribution is 2.24. The lowest BCUT2D eigenvalue weighted by Gasteiger charge is -2.18. The molecule has 0 amide bonds. The van der Waals surface area contributed by atoms with Crippen molar-refractivity contribution in [2.75, 3.05) is 13.6 Å². The lowest BCUT2D eigenvalue weighted by molar-refractivity contribution is -0.385. The molecule has 0 aliphatic carbocycles. The Hall–Kier alpha value is -2.16. The van der Waals surface area contributed by atoms with E-state index >= 15 is 0 Å². The molecule has 0 radical (unpaired) electrons. The van der Waals surface area contributed by atoms with Crippen LogP contribution in [0.25, 0.3) is 0 Å². The van der Waals surface area contributed by atoms with E-state index in [1.54, 1.807) is 0 Å². The van der Waals surface area contributed by atoms with Crippen LogP contribution >= 0.6 is 0 Å². The number of nitrogens with zero attached hydrogens (tertiary/aromatic N) is 2. The highest BCUT2D eigenvalue weighted by molar-refractivity contribution is 5.94. The van der Waals surface area contributed by atoms with Gasteiger partial charge in [0.2, 0.25) is 0 Å². The second-order valence-corrected chi connectivity index (χ2v) is 4.48. The van der Waals surface area contributed by atoms with Crippen LogP contribution in [-0.2, 0) is 6.54 Å². The molecule has 0 bridgehead atoms. The highest BCUT2D eigenvalue weighted by atomic mass is 19.4. The number of alkyl halides is 3. The molecule has 9 heteroatoms. The Labute approximate surface area is 117 Å². The third-order valence-corrected chi connectivity index (χ3v) is 2.76. The quantitative estimate of drug-likeness (QED) is 0.645. The van der Waals surface area contributed by atoms with E-state index in [4.69, 9.17) is 5.11 Å². The van der Waals surface area contributed by atoms with E-state index < -0.39 is 34.7 Å². The van der Waals surface area contributed by atoms with Crippen LogP contribution in [0, 0.1) is 10.1 Å². The van der Waals surface area contributed by atoms with Crippen LogP contribution in [0.15, 0.2) is 18.2 Å². The van der Waals surface area contributed by atoms with Crippen molar-refractivity contribution in [2.45, 2.75) is 19.1 Å². The molecule has 0 aromatic heterocycles. The maximum Gasteiger partial charge on any atom is 0.390 e. The van der Waals surface area contributed by atoms with Gasteiger partial charge < -0.3 is 10.0 Å². The molecular weight excluding hydrogens is 293 g/mol. The minimum atomic E-state index is -4.31. The molecule has 116 valence electrons. The van der Waals surface area contributed by atoms with Crippen molar-refractivity contribution in [3.05, 3.63) is 39.4 Å². The predicted molar refractivity (Wildman–Crippen MR) is 67.1 cm³/mol. The van der Waals surface area contributed by atoms with Gasteiger partial charge in [0, 0.05) is 19.2 Å². The Bertz CT molecular complexity index is 546. The maximum absolute atomic E-state index is 12.1. The number of carboxylic acids is 1. The number of carboxylic acid groups (broad SMARTS) is 1. The lowest BCUT2D eigenvalue weighted by atomic mass is 10.0. The third kappa shape index (κ3) is 5.03. The van der Waals surface area contributed by atoms with Crippen molar-refractivity contribution in [1.82, 2.24) is 4.90 Å². The van der Waals surface area contributed by atoms with E-state index in [0.29, 0.717) is 0 Å². The Morgan fingerprint density at radius 2 is 2.05 bits per heavy atom. The fourth-order valence-corrected chi connectivity index (χ4v) is 1.80. The summed E-state index contributed by atoms with van der Waals surface area (Å²) < 4.78 is 36.4. The summed E-state index contributed by atoms with van der Waals surface area (Å²) in [4.78, 5) is 22.4. The fraction of sp³-hybridized carbons (Fsp3) is 0.417. The van der Waals surface area contributed by atoms with Crippen LogP contribution in [0.5, 0.6) is 0 Å². The van der Waals surface area contributed by atoms with E-state index in [1.165, 1.54) is 24.1 Å². The van der Waals surface area contributed by atoms with Gasteiger partial charge in [-0.25, -0.2) is 4.79 Å². The molecule has 1 aromatic rings. The molecule has 6 nitrogen and oxygen atoms in total. The van der Waals surface area contributed by atoms with Gasteiger partial charge in [-0.05, 0) is 12.6 Å². The van der Waals surface area contributed by atoms with Crippen LogP contribution in [0.4, 0.5) is 18.9 Å². The summed E-state index contributed by atoms with van der Waals surface area (Å²) in [5.41, 5.74) is -0.980. The van der Waals surface area contributed by atoms with Crippen molar-refractivity contribution in [1.29, 1.82) is 0 Å². The van der Waals surface area contributed by atoms with Gasteiger partial charge in [-0.2, -0.15) is 13.2 Å². The molecule has 21 heavy (non-hydrogen) atoms. The molecule has 0 spiro atoms. The zero-order chi connectivity index (χ0) is 16.2. The molecule has 1 N–H and O–H groups in total. The molecule has 0 heterocycles. The summed E-state index contributed by atoms with van der Waals surface area (Å²) in [5.74, 6) is -1.48. The summed E-state index contributed by atoms with van der Waals surface area (Å²) in [7, 11) is 1.39. The minimum absolute atomic E-state index is 0.0985. The van der Waals surface area contributed by atoms with E-state index in [1.807, 2.05) is 0 Å². The summed E-state index contributed by atoms with van der Waals surface area (Å²) in [6.07, 6.45) is -5.35. The first-order chi connectivity index (χ1) is 9.61. The summed E-state index contributed by atoms with van der Waals surface area (Å²) in [6.45, 7) is -0.454. The van der Waals surface area contributed by atoms with Gasteiger partial charge in [-0.15, -0.1) is 0 Å². The molecule has 1 rings (SSSR count). The minimum Gasteiger partial charge on any atom is -0.477 e. The molecule has 0 aliphatic heterocycles. The number of aromatic carboxylic acids is 1. The molecule has 0 aliphatic rings. The first-order valence-corrected chi connectivity index (χ1v) is 5.86. The number of nitro groups is 1. The van der Waals surface area contributed by atoms with Gasteiger partial charge in [0.05, 0.1) is 11.3 Å². The van der Waals surface area contributed by atoms with E-state index in [2.05, 4.69) is 0 Å². The Morgan fingerprint density at radius 3 is 2.52 bits per heavy atom. The van der Waals surface area contributed by atoms with Crippen LogP contribution < -0.4 is 0 Å². The van der Waals surface area contributed by atoms with E-state index in [-0.39, 0.29) is 18.7 Å². The zero-order valence-electron chi connectivity index (χ0n) is 11.1. The SMILES string of the molecule is CN(CCC(F)(F)F)Cc1cccc([N+](=O)[O-])c1C(=O)O. The average Bonchev–Trinajstić information content (AvgIpc) is 2.35. The molecule has 0 saturated heterocycles. The average molecular weight is 306 g/mol. The van der Waals surface area contributed by atoms with Gasteiger partial charge >= 0.3 is 12.1 Å². The Balaban J connectivity index is 2.95. The number of benzene rings is 1. The van der Waals surface area contributed by atoms with Crippen molar-refractivity contribution >= 4 is 11.7 Å². The topological polar surface area (TPSA) is 83.7 Å². The maximum atomic E-state index is 12.1. The monoisotopic (exact) mass is 306 g/mol. The van der Waals surface area contributed by atoms with Crippen molar-refractivity contribution in [3.63, 3.8) is 0 Å². The fourth-order valence-electron chi connectivity index (χ4n) is 1.80. The van der Waals surface area contributed by atoms with E-state index in [9.17, 15) is 28.1 Å². The lowest BCUT2D eigenvalue weighted by Crippen LogP contribution is -2.25. The molecular formula is C12H13F3N2O4. The number of hydrogen-bond donors (Lipinski definition) is 1. The van der Waals surface area contributed by atoms with Crippen LogP contribution in [0.2, 0.25) is 0 Å². The van der Waals surface area contributed by atoms with Gasteiger partial charge in [0.1, 0.15) is 5.56 Å². The van der Waals surface area contributed by atoms with Crippen LogP contribution in [-0.4, -0.2) is 40.7 Å².